The number of carboxylic acid groups (broad SMARTS) is 2. The minimum atomic E-state index is -2.03. The fourth-order valence-electron chi connectivity index (χ4n) is 16.0. The summed E-state index contributed by atoms with van der Waals surface area (Å²) in [6.45, 7) is 2.49. The summed E-state index contributed by atoms with van der Waals surface area (Å²) in [4.78, 5) is 258. The van der Waals surface area contributed by atoms with E-state index >= 15 is 51.9 Å². The number of carboxylic acids is 2. The lowest BCUT2D eigenvalue weighted by molar-refractivity contribution is -0.158. The molecule has 3 aliphatic heterocycles. The topological polar surface area (TPSA) is 536 Å². The number of thioether (sulfide) groups is 1. The Morgan fingerprint density at radius 2 is 1.10 bits per heavy atom. The summed E-state index contributed by atoms with van der Waals surface area (Å²) >= 11 is 0.640. The summed E-state index contributed by atoms with van der Waals surface area (Å²) in [6.07, 6.45) is -2.71. The zero-order chi connectivity index (χ0) is 97.7. The monoisotopic (exact) mass is 1880 g/mol. The molecule has 38 nitrogen and oxygen atoms in total. The van der Waals surface area contributed by atoms with Crippen LogP contribution in [0.5, 0.6) is 5.75 Å². The van der Waals surface area contributed by atoms with Gasteiger partial charge in [-0.05, 0) is 96.2 Å². The van der Waals surface area contributed by atoms with Crippen LogP contribution in [0.15, 0.2) is 128 Å². The van der Waals surface area contributed by atoms with Gasteiger partial charge in [0.15, 0.2) is 17.5 Å². The maximum Gasteiger partial charge on any atom is 0.305 e. The number of phenols is 1. The van der Waals surface area contributed by atoms with Crippen molar-refractivity contribution in [2.75, 3.05) is 79.2 Å². The third kappa shape index (κ3) is 29.0. The number of H-pyrrole nitrogens is 1. The first-order valence-corrected chi connectivity index (χ1v) is 45.0. The number of amides is 15. The van der Waals surface area contributed by atoms with E-state index in [1.165, 1.54) is 66.4 Å². The quantitative estimate of drug-likeness (QED) is 0.0355. The van der Waals surface area contributed by atoms with E-state index in [1.54, 1.807) is 98.0 Å². The van der Waals surface area contributed by atoms with Gasteiger partial charge in [0.25, 0.3) is 0 Å². The molecule has 15 N–H and O–H groups in total. The molecule has 42 heteroatoms. The number of halogens is 3. The molecule has 9 rings (SSSR count). The molecule has 0 radical (unpaired) electrons. The summed E-state index contributed by atoms with van der Waals surface area (Å²) in [6, 6.07) is 7.86. The zero-order valence-electron chi connectivity index (χ0n) is 75.2. The normalized spacial score (nSPS) is 23.5. The van der Waals surface area contributed by atoms with Crippen molar-refractivity contribution in [2.24, 2.45) is 11.7 Å². The van der Waals surface area contributed by atoms with E-state index in [1.807, 2.05) is 0 Å². The molecule has 0 unspecified atom stereocenters. The highest BCUT2D eigenvalue weighted by Crippen LogP contribution is 2.28. The number of likely N-dealkylation sites (N-methyl/N-ethyl adjacent to an activating group) is 3. The maximum absolute atomic E-state index is 15.7. The van der Waals surface area contributed by atoms with Crippen LogP contribution in [0.2, 0.25) is 0 Å². The number of phenolic OH excluding ortho intramolecular Hbond substituents is 1. The number of nitrogens with two attached hydrogens (primary N) is 1. The number of nitrogens with zero attached hydrogens (tertiary/aromatic N) is 5. The number of ether oxygens (including phenoxy) is 2. The number of benzene rings is 5. The standard InChI is InChI=1S/C92H115F3N16O22S/c1-8-9-25-70-91(130)111-35-37-133-48-73(111)87(126)104-66(45-77(117)118)84(123)106-79(51(2)3)92(131)108(5)71(42-52-19-12-10-13-20-52)86(125)101-63(31-32-76(115)116)89(128)110-34-18-26-69(110)85(124)103-65(44-56-46-97-61-24-17-16-23-58(56)61)83(122)102-64(40-54-27-29-57(112)30-28-54)82(121)100-62(33-36-132-7)81(120)105-68(80(119)98-47-74(96)113)49-134-50-75(114)99-67(41-55-38-59(93)78(95)60(94)39-55)88(127)109(6)72(90(129)107(70)4)43-53-21-14-11-15-22-53/h10-17,19-24,27-30,38-39,46,51,62-73,79,97,112H,8-9,18,25-26,31-37,40-45,47-50H2,1-7H3,(H2,96,113)(H,98,119)(H,99,114)(H,100,121)(H,101,125)(H,102,122)(H,103,124)(H,104,126)(H,105,120)(H,106,123)(H,115,116)(H,117,118)/t62-,63+,64-,65-,66-,67+,68-,69+,70-,71-,72-,73+,79-/m0/s1. The number of carbonyl (C=O) groups is 17. The number of aromatic hydroxyl groups is 1. The number of carbonyl (C=O) groups excluding carboxylic acids is 15. The lowest BCUT2D eigenvalue weighted by atomic mass is 9.98. The largest absolute Gasteiger partial charge is 0.508 e. The molecular formula is C92H115F3N16O22S. The molecule has 722 valence electrons. The maximum atomic E-state index is 15.7. The Kier molecular flexibility index (Phi) is 38.7. The van der Waals surface area contributed by atoms with E-state index in [0.717, 1.165) is 24.5 Å². The van der Waals surface area contributed by atoms with Gasteiger partial charge in [0.1, 0.15) is 84.3 Å². The number of fused-ring (bicyclic) bond motifs is 3. The van der Waals surface area contributed by atoms with Gasteiger partial charge in [-0.25, -0.2) is 13.2 Å². The molecule has 134 heavy (non-hydrogen) atoms. The van der Waals surface area contributed by atoms with Crippen molar-refractivity contribution < 1.29 is 119 Å². The molecule has 0 aliphatic carbocycles. The van der Waals surface area contributed by atoms with Gasteiger partial charge in [-0.15, -0.1) is 11.8 Å². The number of primary amides is 1. The summed E-state index contributed by atoms with van der Waals surface area (Å²) in [5, 5.41) is 54.6. The van der Waals surface area contributed by atoms with Gasteiger partial charge >= 0.3 is 11.9 Å². The lowest BCUT2D eigenvalue weighted by Crippen LogP contribution is -2.64. The molecule has 0 bridgehead atoms. The second kappa shape index (κ2) is 49.8. The Morgan fingerprint density at radius 1 is 0.552 bits per heavy atom. The van der Waals surface area contributed by atoms with E-state index in [-0.39, 0.29) is 89.0 Å². The van der Waals surface area contributed by atoms with Gasteiger partial charge in [-0.1, -0.05) is 125 Å². The summed E-state index contributed by atoms with van der Waals surface area (Å²) < 4.78 is 56.2. The number of hydrogen-bond acceptors (Lipinski definition) is 21. The number of morpholine rings is 1. The average molecular weight is 1890 g/mol. The van der Waals surface area contributed by atoms with E-state index < -0.39 is 259 Å². The van der Waals surface area contributed by atoms with E-state index in [0.29, 0.717) is 63.5 Å². The summed E-state index contributed by atoms with van der Waals surface area (Å²) in [7, 11) is 4.91. The van der Waals surface area contributed by atoms with Crippen LogP contribution in [0, 0.1) is 23.4 Å². The first kappa shape index (κ1) is 104. The van der Waals surface area contributed by atoms with Crippen molar-refractivity contribution in [3.05, 3.63) is 173 Å². The molecule has 3 saturated heterocycles. The number of nitrogens with one attached hydrogen (secondary N) is 10. The highest BCUT2D eigenvalue weighted by molar-refractivity contribution is 8.00. The van der Waals surface area contributed by atoms with Gasteiger partial charge in [-0.3, -0.25) is 81.5 Å². The molecule has 6 aromatic rings. The number of aliphatic carboxylic acids is 2. The minimum absolute atomic E-state index is 0.0662. The zero-order valence-corrected chi connectivity index (χ0v) is 76.0. The number of methoxy groups -OCH3 is 1. The van der Waals surface area contributed by atoms with Crippen LogP contribution in [0.3, 0.4) is 0 Å². The molecular weight excluding hydrogens is 1770 g/mol. The van der Waals surface area contributed by atoms with Crippen molar-refractivity contribution in [3.63, 3.8) is 0 Å². The molecule has 3 aliphatic rings. The predicted molar refractivity (Wildman–Crippen MR) is 480 cm³/mol. The number of aromatic amines is 1. The molecule has 15 amide bonds. The number of rotatable bonds is 25. The summed E-state index contributed by atoms with van der Waals surface area (Å²) in [5.41, 5.74) is 7.31. The van der Waals surface area contributed by atoms with Gasteiger partial charge in [0, 0.05) is 109 Å². The van der Waals surface area contributed by atoms with Crippen molar-refractivity contribution in [2.45, 2.75) is 189 Å². The number of hydrogen-bond donors (Lipinski definition) is 14. The predicted octanol–water partition coefficient (Wildman–Crippen LogP) is 0.952. The Balaban J connectivity index is 1.14. The van der Waals surface area contributed by atoms with Crippen molar-refractivity contribution in [3.8, 4) is 5.75 Å². The molecule has 5 aromatic carbocycles. The smallest absolute Gasteiger partial charge is 0.305 e. The van der Waals surface area contributed by atoms with Crippen LogP contribution < -0.4 is 53.6 Å². The molecule has 0 saturated carbocycles. The van der Waals surface area contributed by atoms with Crippen LogP contribution in [-0.2, 0) is 123 Å². The van der Waals surface area contributed by atoms with Crippen LogP contribution in [-0.4, -0.2) is 303 Å². The van der Waals surface area contributed by atoms with E-state index in [2.05, 4.69) is 52.8 Å². The molecule has 1 aromatic heterocycles. The van der Waals surface area contributed by atoms with Crippen molar-refractivity contribution >= 4 is 123 Å². The fraction of sp³-hybridized carbons (Fsp3) is 0.467. The van der Waals surface area contributed by atoms with Gasteiger partial charge < -0.3 is 108 Å². The number of unbranched alkanes of at least 4 members (excludes halogenated alkanes) is 1. The lowest BCUT2D eigenvalue weighted by Gasteiger charge is -2.40. The minimum Gasteiger partial charge on any atom is -0.508 e. The molecule has 0 spiro atoms. The van der Waals surface area contributed by atoms with Crippen LogP contribution in [0.4, 0.5) is 13.2 Å². The molecule has 4 heterocycles. The Morgan fingerprint density at radius 3 is 1.73 bits per heavy atom. The first-order chi connectivity index (χ1) is 63.9. The van der Waals surface area contributed by atoms with Crippen LogP contribution in [0.1, 0.15) is 106 Å². The van der Waals surface area contributed by atoms with Crippen LogP contribution in [0.25, 0.3) is 10.9 Å². The van der Waals surface area contributed by atoms with Gasteiger partial charge in [0.2, 0.25) is 88.6 Å². The van der Waals surface area contributed by atoms with Gasteiger partial charge in [0.05, 0.1) is 31.9 Å². The summed E-state index contributed by atoms with van der Waals surface area (Å²) in [5.74, 6) is -26.2. The molecule has 3 fully saturated rings. The van der Waals surface area contributed by atoms with Crippen molar-refractivity contribution in [1.82, 2.24) is 77.3 Å². The first-order valence-electron chi connectivity index (χ1n) is 43.9. The van der Waals surface area contributed by atoms with Crippen LogP contribution >= 0.6 is 11.8 Å². The fourth-order valence-corrected chi connectivity index (χ4v) is 16.9. The Bertz CT molecular complexity index is 5190. The highest BCUT2D eigenvalue weighted by Gasteiger charge is 2.46. The number of para-hydroxylation sites is 1. The third-order valence-electron chi connectivity index (χ3n) is 23.4. The second-order valence-corrected chi connectivity index (χ2v) is 34.5. The van der Waals surface area contributed by atoms with Crippen molar-refractivity contribution in [1.29, 1.82) is 0 Å². The van der Waals surface area contributed by atoms with Gasteiger partial charge in [-0.2, -0.15) is 0 Å². The highest BCUT2D eigenvalue weighted by atomic mass is 32.2. The Hall–Kier alpha value is -13.5. The van der Waals surface area contributed by atoms with E-state index in [4.69, 9.17) is 15.2 Å². The van der Waals surface area contributed by atoms with E-state index in [9.17, 15) is 58.1 Å². The Labute approximate surface area is 774 Å². The second-order valence-electron chi connectivity index (χ2n) is 33.5. The third-order valence-corrected chi connectivity index (χ3v) is 24.5. The average Bonchev–Trinajstić information content (AvgIpc) is 1.51. The number of aromatic nitrogens is 1. The SMILES string of the molecule is CCCC[C@H]1C(=O)N2CCOC[C@@H]2C(=O)N[C@@H](CC(=O)O)C(=O)N[C@@H](C(C)C)C(=O)N(C)[C@@H](Cc2ccccc2)C(=O)N[C@H](CCC(=O)O)C(=O)N2CCC[C@@H]2C(=O)N[C@@H](Cc2c[nH]c3ccccc23)C(=O)N[C@@H](Cc2ccc(O)cc2)C(=O)N[C@@H](CCOC)C(=O)N[C@H](C(=O)NCC(N)=O)CSCC(=O)N[C@H](Cc2cc(F)c(F)c(F)c2)C(=O)N(C)[C@@H](Cc2ccccc2)C(=O)N1C. The molecule has 13 atom stereocenters.